The number of nitrogen functional groups attached to an aromatic ring is 1. The summed E-state index contributed by atoms with van der Waals surface area (Å²) in [5.41, 5.74) is 1.58. The summed E-state index contributed by atoms with van der Waals surface area (Å²) in [7, 11) is 0. The first-order chi connectivity index (χ1) is 11.3. The van der Waals surface area contributed by atoms with Crippen LogP contribution in [0, 0.1) is 0 Å². The number of carbonyl (C=O) groups is 1. The fourth-order valence-corrected chi connectivity index (χ4v) is 1.91. The number of halogens is 3. The average molecular weight is 340 g/mol. The molecule has 128 valence electrons. The Morgan fingerprint density at radius 2 is 2.04 bits per heavy atom. The first-order valence-electron chi connectivity index (χ1n) is 6.95. The average Bonchev–Trinajstić information content (AvgIpc) is 2.53. The number of rotatable bonds is 5. The second-order valence-corrected chi connectivity index (χ2v) is 4.71. The molecule has 4 N–H and O–H groups in total. The topological polar surface area (TPSA) is 89.3 Å². The van der Waals surface area contributed by atoms with Crippen LogP contribution < -0.4 is 21.3 Å². The standard InChI is InChI=1S/C15H15F3N4O2/c1-2-20-10-7-12(14(23)22-19)21-13(8-10)24-11-5-3-4-9(6-11)15(16,17)18/h3-8H,2,19H2,1H3,(H,20,21)(H,22,23). The van der Waals surface area contributed by atoms with Gasteiger partial charge in [0, 0.05) is 18.3 Å². The molecule has 0 saturated heterocycles. The number of anilines is 1. The van der Waals surface area contributed by atoms with Gasteiger partial charge in [0.1, 0.15) is 11.4 Å². The molecule has 0 fully saturated rings. The molecule has 1 aromatic carbocycles. The van der Waals surface area contributed by atoms with Crippen LogP contribution >= 0.6 is 0 Å². The number of hydrogen-bond donors (Lipinski definition) is 3. The van der Waals surface area contributed by atoms with Crippen molar-refractivity contribution in [3.63, 3.8) is 0 Å². The van der Waals surface area contributed by atoms with E-state index < -0.39 is 17.6 Å². The first-order valence-corrected chi connectivity index (χ1v) is 6.95. The molecule has 0 unspecified atom stereocenters. The largest absolute Gasteiger partial charge is 0.439 e. The van der Waals surface area contributed by atoms with E-state index in [4.69, 9.17) is 10.6 Å². The Labute approximate surface area is 135 Å². The Morgan fingerprint density at radius 3 is 2.67 bits per heavy atom. The van der Waals surface area contributed by atoms with Crippen molar-refractivity contribution in [2.45, 2.75) is 13.1 Å². The molecule has 0 aliphatic rings. The highest BCUT2D eigenvalue weighted by Gasteiger charge is 2.30. The molecular weight excluding hydrogens is 325 g/mol. The van der Waals surface area contributed by atoms with Gasteiger partial charge in [-0.1, -0.05) is 6.07 Å². The zero-order valence-corrected chi connectivity index (χ0v) is 12.6. The molecule has 2 aromatic rings. The fourth-order valence-electron chi connectivity index (χ4n) is 1.91. The lowest BCUT2D eigenvalue weighted by Crippen LogP contribution is -2.30. The molecule has 1 amide bonds. The van der Waals surface area contributed by atoms with Gasteiger partial charge in [0.15, 0.2) is 0 Å². The predicted molar refractivity (Wildman–Crippen MR) is 81.6 cm³/mol. The Hall–Kier alpha value is -2.81. The number of nitrogens with zero attached hydrogens (tertiary/aromatic N) is 1. The van der Waals surface area contributed by atoms with Crippen molar-refractivity contribution in [2.24, 2.45) is 5.84 Å². The number of amides is 1. The summed E-state index contributed by atoms with van der Waals surface area (Å²) in [5, 5.41) is 2.97. The maximum atomic E-state index is 12.7. The number of hydrogen-bond acceptors (Lipinski definition) is 5. The smallest absolute Gasteiger partial charge is 0.416 e. The van der Waals surface area contributed by atoms with Crippen molar-refractivity contribution < 1.29 is 22.7 Å². The minimum absolute atomic E-state index is 0.0297. The van der Waals surface area contributed by atoms with Crippen molar-refractivity contribution in [3.05, 3.63) is 47.7 Å². The van der Waals surface area contributed by atoms with Crippen molar-refractivity contribution in [2.75, 3.05) is 11.9 Å². The second kappa shape index (κ2) is 7.18. The van der Waals surface area contributed by atoms with Gasteiger partial charge in [-0.05, 0) is 31.2 Å². The lowest BCUT2D eigenvalue weighted by molar-refractivity contribution is -0.137. The summed E-state index contributed by atoms with van der Waals surface area (Å²) in [6.45, 7) is 2.41. The van der Waals surface area contributed by atoms with E-state index in [9.17, 15) is 18.0 Å². The molecule has 0 aliphatic heterocycles. The maximum Gasteiger partial charge on any atom is 0.416 e. The molecule has 6 nitrogen and oxygen atoms in total. The SMILES string of the molecule is CCNc1cc(Oc2cccc(C(F)(F)F)c2)nc(C(=O)NN)c1. The normalized spacial score (nSPS) is 11.0. The summed E-state index contributed by atoms with van der Waals surface area (Å²) in [4.78, 5) is 15.6. The first kappa shape index (κ1) is 17.5. The van der Waals surface area contributed by atoms with Crippen LogP contribution in [0.2, 0.25) is 0 Å². The van der Waals surface area contributed by atoms with E-state index in [1.807, 2.05) is 12.3 Å². The number of pyridine rings is 1. The lowest BCUT2D eigenvalue weighted by atomic mass is 10.2. The number of carbonyl (C=O) groups excluding carboxylic acids is 1. The Bertz CT molecular complexity index is 735. The molecule has 24 heavy (non-hydrogen) atoms. The third-order valence-corrected chi connectivity index (χ3v) is 2.93. The molecule has 2 rings (SSSR count). The number of ether oxygens (including phenoxy) is 1. The Morgan fingerprint density at radius 1 is 1.29 bits per heavy atom. The van der Waals surface area contributed by atoms with Crippen LogP contribution in [0.3, 0.4) is 0 Å². The number of alkyl halides is 3. The van der Waals surface area contributed by atoms with Gasteiger partial charge in [0.25, 0.3) is 5.91 Å². The third-order valence-electron chi connectivity index (χ3n) is 2.93. The van der Waals surface area contributed by atoms with Gasteiger partial charge in [0.2, 0.25) is 5.88 Å². The highest BCUT2D eigenvalue weighted by atomic mass is 19.4. The Kier molecular flexibility index (Phi) is 5.24. The number of hydrazine groups is 1. The van der Waals surface area contributed by atoms with E-state index in [2.05, 4.69) is 10.3 Å². The summed E-state index contributed by atoms with van der Waals surface area (Å²) < 4.78 is 43.6. The summed E-state index contributed by atoms with van der Waals surface area (Å²) in [5.74, 6) is 4.34. The summed E-state index contributed by atoms with van der Waals surface area (Å²) in [6, 6.07) is 7.29. The molecule has 9 heteroatoms. The van der Waals surface area contributed by atoms with Gasteiger partial charge >= 0.3 is 6.18 Å². The molecule has 1 heterocycles. The van der Waals surface area contributed by atoms with Gasteiger partial charge in [0.05, 0.1) is 5.56 Å². The highest BCUT2D eigenvalue weighted by molar-refractivity contribution is 5.92. The number of nitrogens with two attached hydrogens (primary N) is 1. The second-order valence-electron chi connectivity index (χ2n) is 4.71. The van der Waals surface area contributed by atoms with Crippen LogP contribution in [0.15, 0.2) is 36.4 Å². The van der Waals surface area contributed by atoms with E-state index in [0.717, 1.165) is 12.1 Å². The minimum Gasteiger partial charge on any atom is -0.439 e. The van der Waals surface area contributed by atoms with Gasteiger partial charge in [-0.3, -0.25) is 10.2 Å². The van der Waals surface area contributed by atoms with E-state index in [1.54, 1.807) is 0 Å². The van der Waals surface area contributed by atoms with E-state index in [-0.39, 0.29) is 17.3 Å². The molecule has 0 bridgehead atoms. The third kappa shape index (κ3) is 4.35. The molecule has 0 aliphatic carbocycles. The number of benzene rings is 1. The predicted octanol–water partition coefficient (Wildman–Crippen LogP) is 2.93. The highest BCUT2D eigenvalue weighted by Crippen LogP contribution is 2.32. The Balaban J connectivity index is 2.35. The van der Waals surface area contributed by atoms with Crippen LogP contribution in [0.1, 0.15) is 23.0 Å². The maximum absolute atomic E-state index is 12.7. The minimum atomic E-state index is -4.48. The van der Waals surface area contributed by atoms with Crippen LogP contribution in [-0.2, 0) is 6.18 Å². The van der Waals surface area contributed by atoms with Crippen molar-refractivity contribution in [1.82, 2.24) is 10.4 Å². The van der Waals surface area contributed by atoms with Gasteiger partial charge < -0.3 is 10.1 Å². The van der Waals surface area contributed by atoms with Crippen molar-refractivity contribution in [3.8, 4) is 11.6 Å². The quantitative estimate of drug-likeness (QED) is 0.442. The van der Waals surface area contributed by atoms with Crippen molar-refractivity contribution in [1.29, 1.82) is 0 Å². The molecule has 0 atom stereocenters. The van der Waals surface area contributed by atoms with Crippen LogP contribution in [0.25, 0.3) is 0 Å². The van der Waals surface area contributed by atoms with Crippen LogP contribution in [-0.4, -0.2) is 17.4 Å². The molecule has 0 spiro atoms. The zero-order valence-electron chi connectivity index (χ0n) is 12.6. The van der Waals surface area contributed by atoms with Crippen LogP contribution in [0.5, 0.6) is 11.6 Å². The van der Waals surface area contributed by atoms with E-state index >= 15 is 0 Å². The lowest BCUT2D eigenvalue weighted by Gasteiger charge is -2.12. The fraction of sp³-hybridized carbons (Fsp3) is 0.200. The number of nitrogens with one attached hydrogen (secondary N) is 2. The molecule has 1 aromatic heterocycles. The van der Waals surface area contributed by atoms with E-state index in [1.165, 1.54) is 24.3 Å². The van der Waals surface area contributed by atoms with Gasteiger partial charge in [-0.25, -0.2) is 10.8 Å². The monoisotopic (exact) mass is 340 g/mol. The van der Waals surface area contributed by atoms with Crippen LogP contribution in [0.4, 0.5) is 18.9 Å². The molecule has 0 radical (unpaired) electrons. The summed E-state index contributed by atoms with van der Waals surface area (Å²) in [6.07, 6.45) is -4.48. The van der Waals surface area contributed by atoms with E-state index in [0.29, 0.717) is 12.2 Å². The van der Waals surface area contributed by atoms with Gasteiger partial charge in [-0.15, -0.1) is 0 Å². The van der Waals surface area contributed by atoms with Gasteiger partial charge in [-0.2, -0.15) is 13.2 Å². The zero-order chi connectivity index (χ0) is 17.7. The molecule has 0 saturated carbocycles. The molecular formula is C15H15F3N4O2. The van der Waals surface area contributed by atoms with Crippen molar-refractivity contribution >= 4 is 11.6 Å². The summed E-state index contributed by atoms with van der Waals surface area (Å²) >= 11 is 0. The number of aromatic nitrogens is 1.